The van der Waals surface area contributed by atoms with Gasteiger partial charge in [0, 0.05) is 10.9 Å². The van der Waals surface area contributed by atoms with Crippen molar-refractivity contribution in [1.29, 1.82) is 0 Å². The van der Waals surface area contributed by atoms with Crippen molar-refractivity contribution in [1.82, 2.24) is 5.32 Å². The number of benzene rings is 1. The third kappa shape index (κ3) is 3.53. The van der Waals surface area contributed by atoms with E-state index in [1.165, 1.54) is 0 Å². The van der Waals surface area contributed by atoms with Crippen LogP contribution in [0.3, 0.4) is 0 Å². The van der Waals surface area contributed by atoms with Crippen molar-refractivity contribution in [3.05, 3.63) is 33.8 Å². The quantitative estimate of drug-likeness (QED) is 0.796. The molecule has 2 nitrogen and oxygen atoms in total. The molecule has 0 heterocycles. The summed E-state index contributed by atoms with van der Waals surface area (Å²) < 4.78 is 0. The fourth-order valence-corrected chi connectivity index (χ4v) is 2.45. The summed E-state index contributed by atoms with van der Waals surface area (Å²) in [6.07, 6.45) is 1.52. The van der Waals surface area contributed by atoms with Gasteiger partial charge in [-0.1, -0.05) is 37.0 Å². The number of rotatable bonds is 5. The Morgan fingerprint density at radius 2 is 1.89 bits per heavy atom. The molecule has 0 spiro atoms. The van der Waals surface area contributed by atoms with Crippen LogP contribution in [0.15, 0.2) is 18.2 Å². The Bertz CT molecular complexity index is 422. The monoisotopic (exact) mass is 307 g/mol. The van der Waals surface area contributed by atoms with Crippen LogP contribution < -0.4 is 5.32 Å². The lowest BCUT2D eigenvalue weighted by molar-refractivity contribution is 0.0902. The second-order valence-electron chi connectivity index (χ2n) is 4.20. The highest BCUT2D eigenvalue weighted by atomic mass is 35.5. The van der Waals surface area contributed by atoms with E-state index in [1.54, 1.807) is 18.2 Å². The second kappa shape index (κ2) is 6.65. The fourth-order valence-electron chi connectivity index (χ4n) is 1.63. The average Bonchev–Trinajstić information content (AvgIpc) is 2.38. The SMILES string of the molecule is CCC(CC)(CCl)NC(=O)c1cc(Cl)ccc1Cl. The van der Waals surface area contributed by atoms with E-state index >= 15 is 0 Å². The van der Waals surface area contributed by atoms with Crippen LogP contribution in [0, 0.1) is 0 Å². The summed E-state index contributed by atoms with van der Waals surface area (Å²) in [5, 5.41) is 3.81. The lowest BCUT2D eigenvalue weighted by Gasteiger charge is -2.30. The van der Waals surface area contributed by atoms with Gasteiger partial charge in [0.05, 0.1) is 16.1 Å². The predicted octanol–water partition coefficient (Wildman–Crippen LogP) is 4.52. The highest BCUT2D eigenvalue weighted by Crippen LogP contribution is 2.23. The van der Waals surface area contributed by atoms with Crippen LogP contribution in [0.4, 0.5) is 0 Å². The molecular weight excluding hydrogens is 293 g/mol. The normalized spacial score (nSPS) is 11.4. The first-order chi connectivity index (χ1) is 8.48. The summed E-state index contributed by atoms with van der Waals surface area (Å²) in [5.41, 5.74) is -0.0230. The third-order valence-electron chi connectivity index (χ3n) is 3.16. The molecule has 1 N–H and O–H groups in total. The van der Waals surface area contributed by atoms with Gasteiger partial charge in [-0.2, -0.15) is 0 Å². The Hall–Kier alpha value is -0.440. The lowest BCUT2D eigenvalue weighted by Crippen LogP contribution is -2.49. The summed E-state index contributed by atoms with van der Waals surface area (Å²) in [6.45, 7) is 3.98. The second-order valence-corrected chi connectivity index (χ2v) is 5.31. The van der Waals surface area contributed by atoms with Gasteiger partial charge < -0.3 is 5.32 Å². The molecule has 0 bridgehead atoms. The highest BCUT2D eigenvalue weighted by molar-refractivity contribution is 6.35. The number of carbonyl (C=O) groups excluding carboxylic acids is 1. The number of halogens is 3. The zero-order valence-electron chi connectivity index (χ0n) is 10.4. The Kier molecular flexibility index (Phi) is 5.77. The van der Waals surface area contributed by atoms with Crippen LogP contribution in [0.25, 0.3) is 0 Å². The summed E-state index contributed by atoms with van der Waals surface area (Å²) in [7, 11) is 0. The number of hydrogen-bond acceptors (Lipinski definition) is 1. The number of carbonyl (C=O) groups is 1. The van der Waals surface area contributed by atoms with E-state index in [1.807, 2.05) is 13.8 Å². The van der Waals surface area contributed by atoms with Crippen LogP contribution in [0.1, 0.15) is 37.0 Å². The standard InChI is InChI=1S/C13H16Cl3NO/c1-3-13(4-2,8-14)17-12(18)10-7-9(15)5-6-11(10)16/h5-7H,3-4,8H2,1-2H3,(H,17,18). The zero-order valence-corrected chi connectivity index (χ0v) is 12.7. The van der Waals surface area contributed by atoms with E-state index in [2.05, 4.69) is 5.32 Å². The lowest BCUT2D eigenvalue weighted by atomic mass is 9.94. The molecular formula is C13H16Cl3NO. The smallest absolute Gasteiger partial charge is 0.253 e. The molecule has 1 aromatic rings. The molecule has 1 amide bonds. The van der Waals surface area contributed by atoms with Gasteiger partial charge in [-0.05, 0) is 31.0 Å². The summed E-state index contributed by atoms with van der Waals surface area (Å²) >= 11 is 17.8. The molecule has 5 heteroatoms. The summed E-state index contributed by atoms with van der Waals surface area (Å²) in [5.74, 6) is 0.121. The fraction of sp³-hybridized carbons (Fsp3) is 0.462. The molecule has 0 aliphatic rings. The minimum Gasteiger partial charge on any atom is -0.345 e. The topological polar surface area (TPSA) is 29.1 Å². The number of alkyl halides is 1. The molecule has 0 unspecified atom stereocenters. The maximum atomic E-state index is 12.2. The van der Waals surface area contributed by atoms with Gasteiger partial charge in [-0.3, -0.25) is 4.79 Å². The molecule has 0 saturated carbocycles. The summed E-state index contributed by atoms with van der Waals surface area (Å²) in [6, 6.07) is 4.82. The van der Waals surface area contributed by atoms with Crippen molar-refractivity contribution >= 4 is 40.7 Å². The zero-order chi connectivity index (χ0) is 13.8. The van der Waals surface area contributed by atoms with Gasteiger partial charge in [0.15, 0.2) is 0 Å². The number of nitrogens with one attached hydrogen (secondary N) is 1. The number of hydrogen-bond donors (Lipinski definition) is 1. The van der Waals surface area contributed by atoms with Gasteiger partial charge in [-0.25, -0.2) is 0 Å². The third-order valence-corrected chi connectivity index (χ3v) is 4.24. The van der Waals surface area contributed by atoms with E-state index in [0.717, 1.165) is 12.8 Å². The molecule has 18 heavy (non-hydrogen) atoms. The van der Waals surface area contributed by atoms with Crippen molar-refractivity contribution in [3.63, 3.8) is 0 Å². The van der Waals surface area contributed by atoms with Gasteiger partial charge >= 0.3 is 0 Å². The van der Waals surface area contributed by atoms with Gasteiger partial charge in [0.2, 0.25) is 0 Å². The van der Waals surface area contributed by atoms with Crippen molar-refractivity contribution in [2.45, 2.75) is 32.2 Å². The highest BCUT2D eigenvalue weighted by Gasteiger charge is 2.28. The van der Waals surface area contributed by atoms with Gasteiger partial charge in [0.1, 0.15) is 0 Å². The van der Waals surface area contributed by atoms with Crippen LogP contribution in [0.2, 0.25) is 10.0 Å². The largest absolute Gasteiger partial charge is 0.345 e. The Morgan fingerprint density at radius 1 is 1.28 bits per heavy atom. The summed E-state index contributed by atoms with van der Waals surface area (Å²) in [4.78, 5) is 12.2. The van der Waals surface area contributed by atoms with E-state index in [9.17, 15) is 4.79 Å². The van der Waals surface area contributed by atoms with E-state index in [-0.39, 0.29) is 5.91 Å². The van der Waals surface area contributed by atoms with Crippen LogP contribution in [-0.2, 0) is 0 Å². The van der Waals surface area contributed by atoms with E-state index in [4.69, 9.17) is 34.8 Å². The van der Waals surface area contributed by atoms with Gasteiger partial charge in [0.25, 0.3) is 5.91 Å². The van der Waals surface area contributed by atoms with Crippen molar-refractivity contribution in [2.24, 2.45) is 0 Å². The maximum Gasteiger partial charge on any atom is 0.253 e. The van der Waals surface area contributed by atoms with Crippen molar-refractivity contribution in [3.8, 4) is 0 Å². The molecule has 0 saturated heterocycles. The van der Waals surface area contributed by atoms with Crippen molar-refractivity contribution < 1.29 is 4.79 Å². The Morgan fingerprint density at radius 3 is 2.39 bits per heavy atom. The average molecular weight is 309 g/mol. The molecule has 0 aliphatic heterocycles. The minimum atomic E-state index is -0.399. The molecule has 0 atom stereocenters. The van der Waals surface area contributed by atoms with Crippen LogP contribution in [0.5, 0.6) is 0 Å². The predicted molar refractivity (Wildman–Crippen MR) is 78.0 cm³/mol. The molecule has 100 valence electrons. The van der Waals surface area contributed by atoms with Crippen LogP contribution in [-0.4, -0.2) is 17.3 Å². The van der Waals surface area contributed by atoms with E-state index < -0.39 is 5.54 Å². The molecule has 0 radical (unpaired) electrons. The number of amides is 1. The van der Waals surface area contributed by atoms with Gasteiger partial charge in [-0.15, -0.1) is 11.6 Å². The van der Waals surface area contributed by atoms with Crippen molar-refractivity contribution in [2.75, 3.05) is 5.88 Å². The van der Waals surface area contributed by atoms with E-state index in [0.29, 0.717) is 21.5 Å². The Balaban J connectivity index is 2.97. The Labute approximate surface area is 123 Å². The van der Waals surface area contributed by atoms with Crippen LogP contribution >= 0.6 is 34.8 Å². The molecule has 0 aliphatic carbocycles. The maximum absolute atomic E-state index is 12.2. The first kappa shape index (κ1) is 15.6. The first-order valence-electron chi connectivity index (χ1n) is 5.81. The molecule has 1 rings (SSSR count). The minimum absolute atomic E-state index is 0.244. The molecule has 0 aromatic heterocycles. The molecule has 0 fully saturated rings. The first-order valence-corrected chi connectivity index (χ1v) is 7.10. The molecule has 1 aromatic carbocycles.